The van der Waals surface area contributed by atoms with Gasteiger partial charge in [0.25, 0.3) is 5.56 Å². The Balaban J connectivity index is 2.57. The summed E-state index contributed by atoms with van der Waals surface area (Å²) in [6.45, 7) is 0. The lowest BCUT2D eigenvalue weighted by Crippen LogP contribution is -2.09. The minimum Gasteiger partial charge on any atom is -0.497 e. The summed E-state index contributed by atoms with van der Waals surface area (Å²) in [4.78, 5) is 17.6. The van der Waals surface area contributed by atoms with Gasteiger partial charge < -0.3 is 9.72 Å². The quantitative estimate of drug-likeness (QED) is 0.836. The van der Waals surface area contributed by atoms with E-state index in [4.69, 9.17) is 4.74 Å². The van der Waals surface area contributed by atoms with Crippen molar-refractivity contribution >= 4 is 0 Å². The van der Waals surface area contributed by atoms with E-state index in [2.05, 4.69) is 9.97 Å². The molecule has 1 N–H and O–H groups in total. The molecule has 0 saturated heterocycles. The molecular formula is C11H9FN2O2. The van der Waals surface area contributed by atoms with E-state index in [0.29, 0.717) is 5.75 Å². The number of halogens is 1. The van der Waals surface area contributed by atoms with Gasteiger partial charge in [0.2, 0.25) is 0 Å². The smallest absolute Gasteiger partial charge is 0.258 e. The summed E-state index contributed by atoms with van der Waals surface area (Å²) in [7, 11) is 1.45. The van der Waals surface area contributed by atoms with Crippen molar-refractivity contribution in [1.29, 1.82) is 0 Å². The van der Waals surface area contributed by atoms with Crippen LogP contribution in [-0.4, -0.2) is 17.1 Å². The number of nitrogens with one attached hydrogen (secondary N) is 1. The highest BCUT2D eigenvalue weighted by molar-refractivity contribution is 5.62. The molecule has 0 atom stereocenters. The van der Waals surface area contributed by atoms with Gasteiger partial charge in [0.05, 0.1) is 19.0 Å². The molecule has 0 aliphatic heterocycles. The molecule has 82 valence electrons. The lowest BCUT2D eigenvalue weighted by molar-refractivity contribution is 0.411. The van der Waals surface area contributed by atoms with E-state index in [1.807, 2.05) is 0 Å². The van der Waals surface area contributed by atoms with Gasteiger partial charge in [-0.3, -0.25) is 4.79 Å². The van der Waals surface area contributed by atoms with E-state index in [1.165, 1.54) is 31.8 Å². The van der Waals surface area contributed by atoms with E-state index >= 15 is 0 Å². The van der Waals surface area contributed by atoms with Crippen molar-refractivity contribution in [3.8, 4) is 16.9 Å². The highest BCUT2D eigenvalue weighted by Gasteiger charge is 2.09. The fourth-order valence-corrected chi connectivity index (χ4v) is 1.38. The molecule has 0 unspecified atom stereocenters. The number of hydrogen-bond donors (Lipinski definition) is 1. The third-order valence-electron chi connectivity index (χ3n) is 2.18. The van der Waals surface area contributed by atoms with Crippen LogP contribution in [0.25, 0.3) is 11.1 Å². The summed E-state index contributed by atoms with van der Waals surface area (Å²) in [5, 5.41) is 0. The topological polar surface area (TPSA) is 55.0 Å². The maximum absolute atomic E-state index is 13.6. The zero-order valence-electron chi connectivity index (χ0n) is 8.53. The molecule has 0 amide bonds. The number of ether oxygens (including phenoxy) is 1. The van der Waals surface area contributed by atoms with Crippen LogP contribution in [0.15, 0.2) is 35.5 Å². The van der Waals surface area contributed by atoms with E-state index in [1.54, 1.807) is 6.07 Å². The number of hydrogen-bond acceptors (Lipinski definition) is 3. The maximum atomic E-state index is 13.6. The minimum atomic E-state index is -0.516. The van der Waals surface area contributed by atoms with Gasteiger partial charge in [-0.25, -0.2) is 9.37 Å². The number of aromatic nitrogens is 2. The van der Waals surface area contributed by atoms with Gasteiger partial charge in [-0.2, -0.15) is 0 Å². The molecule has 0 aliphatic rings. The van der Waals surface area contributed by atoms with Crippen LogP contribution in [-0.2, 0) is 0 Å². The number of aromatic amines is 1. The molecule has 1 heterocycles. The Morgan fingerprint density at radius 2 is 2.19 bits per heavy atom. The fraction of sp³-hybridized carbons (Fsp3) is 0.0909. The molecule has 5 heteroatoms. The Morgan fingerprint density at radius 3 is 2.81 bits per heavy atom. The summed E-state index contributed by atoms with van der Waals surface area (Å²) < 4.78 is 18.5. The van der Waals surface area contributed by atoms with E-state index in [9.17, 15) is 9.18 Å². The average molecular weight is 220 g/mol. The van der Waals surface area contributed by atoms with Crippen LogP contribution < -0.4 is 10.3 Å². The zero-order chi connectivity index (χ0) is 11.5. The lowest BCUT2D eigenvalue weighted by atomic mass is 10.1. The zero-order valence-corrected chi connectivity index (χ0v) is 8.53. The summed E-state index contributed by atoms with van der Waals surface area (Å²) in [6.07, 6.45) is 2.58. The highest BCUT2D eigenvalue weighted by Crippen LogP contribution is 2.22. The van der Waals surface area contributed by atoms with Gasteiger partial charge >= 0.3 is 0 Å². The average Bonchev–Trinajstić information content (AvgIpc) is 2.30. The molecule has 0 saturated carbocycles. The number of nitrogens with zero attached hydrogens (tertiary/aromatic N) is 1. The second-order valence-corrected chi connectivity index (χ2v) is 3.14. The van der Waals surface area contributed by atoms with Crippen molar-refractivity contribution in [1.82, 2.24) is 9.97 Å². The molecular weight excluding hydrogens is 211 g/mol. The molecule has 1 aromatic carbocycles. The molecule has 4 nitrogen and oxygen atoms in total. The Morgan fingerprint density at radius 1 is 1.38 bits per heavy atom. The van der Waals surface area contributed by atoms with Gasteiger partial charge in [0.1, 0.15) is 11.6 Å². The van der Waals surface area contributed by atoms with Crippen molar-refractivity contribution in [3.63, 3.8) is 0 Å². The van der Waals surface area contributed by atoms with E-state index < -0.39 is 5.82 Å². The first-order valence-corrected chi connectivity index (χ1v) is 4.59. The second kappa shape index (κ2) is 4.14. The standard InChI is InChI=1S/C11H9FN2O2/c1-16-7-2-3-8(10(12)4-7)9-5-13-6-14-11(9)15/h2-6H,1H3,(H,13,14,15). The van der Waals surface area contributed by atoms with E-state index in [0.717, 1.165) is 0 Å². The molecule has 16 heavy (non-hydrogen) atoms. The van der Waals surface area contributed by atoms with Crippen LogP contribution in [0.5, 0.6) is 5.75 Å². The maximum Gasteiger partial charge on any atom is 0.258 e. The number of benzene rings is 1. The molecule has 0 radical (unpaired) electrons. The van der Waals surface area contributed by atoms with Crippen LogP contribution >= 0.6 is 0 Å². The number of rotatable bonds is 2. The summed E-state index contributed by atoms with van der Waals surface area (Å²) in [5.74, 6) is -0.112. The first kappa shape index (κ1) is 10.4. The Hall–Kier alpha value is -2.17. The Labute approximate surface area is 90.7 Å². The lowest BCUT2D eigenvalue weighted by Gasteiger charge is -2.04. The van der Waals surface area contributed by atoms with Crippen molar-refractivity contribution in [2.45, 2.75) is 0 Å². The first-order chi connectivity index (χ1) is 7.72. The molecule has 2 aromatic rings. The fourth-order valence-electron chi connectivity index (χ4n) is 1.38. The third-order valence-corrected chi connectivity index (χ3v) is 2.18. The highest BCUT2D eigenvalue weighted by atomic mass is 19.1. The molecule has 0 spiro atoms. The van der Waals surface area contributed by atoms with Crippen LogP contribution in [0, 0.1) is 5.82 Å². The summed E-state index contributed by atoms with van der Waals surface area (Å²) in [6, 6.07) is 4.30. The Kier molecular flexibility index (Phi) is 2.68. The van der Waals surface area contributed by atoms with Gasteiger partial charge in [-0.1, -0.05) is 0 Å². The molecule has 0 bridgehead atoms. The van der Waals surface area contributed by atoms with Crippen molar-refractivity contribution < 1.29 is 9.13 Å². The molecule has 0 aliphatic carbocycles. The van der Waals surface area contributed by atoms with E-state index in [-0.39, 0.29) is 16.7 Å². The molecule has 2 rings (SSSR count). The summed E-state index contributed by atoms with van der Waals surface area (Å²) in [5.41, 5.74) is 0.0249. The van der Waals surface area contributed by atoms with Crippen molar-refractivity contribution in [3.05, 3.63) is 46.9 Å². The van der Waals surface area contributed by atoms with Crippen LogP contribution in [0.3, 0.4) is 0 Å². The molecule has 1 aromatic heterocycles. The largest absolute Gasteiger partial charge is 0.497 e. The normalized spacial score (nSPS) is 10.1. The van der Waals surface area contributed by atoms with Gasteiger partial charge in [0, 0.05) is 17.8 Å². The monoisotopic (exact) mass is 220 g/mol. The molecule has 0 fully saturated rings. The first-order valence-electron chi connectivity index (χ1n) is 4.59. The SMILES string of the molecule is COc1ccc(-c2cnc[nH]c2=O)c(F)c1. The van der Waals surface area contributed by atoms with Gasteiger partial charge in [0.15, 0.2) is 0 Å². The van der Waals surface area contributed by atoms with Crippen LogP contribution in [0.4, 0.5) is 4.39 Å². The minimum absolute atomic E-state index is 0.197. The van der Waals surface area contributed by atoms with Gasteiger partial charge in [-0.05, 0) is 12.1 Å². The number of methoxy groups -OCH3 is 1. The Bertz CT molecular complexity index is 566. The third kappa shape index (κ3) is 1.79. The van der Waals surface area contributed by atoms with Gasteiger partial charge in [-0.15, -0.1) is 0 Å². The van der Waals surface area contributed by atoms with Crippen molar-refractivity contribution in [2.75, 3.05) is 7.11 Å². The predicted molar refractivity (Wildman–Crippen MR) is 56.8 cm³/mol. The summed E-state index contributed by atoms with van der Waals surface area (Å²) >= 11 is 0. The van der Waals surface area contributed by atoms with Crippen molar-refractivity contribution in [2.24, 2.45) is 0 Å². The second-order valence-electron chi connectivity index (χ2n) is 3.14. The number of H-pyrrole nitrogens is 1. The van der Waals surface area contributed by atoms with Crippen LogP contribution in [0.1, 0.15) is 0 Å². The van der Waals surface area contributed by atoms with Crippen LogP contribution in [0.2, 0.25) is 0 Å². The predicted octanol–water partition coefficient (Wildman–Crippen LogP) is 1.58.